The quantitative estimate of drug-likeness (QED) is 0.740. The first-order valence-corrected chi connectivity index (χ1v) is 7.79. The molecule has 0 aromatic carbocycles. The maximum atomic E-state index is 12.7. The Morgan fingerprint density at radius 2 is 2.17 bits per heavy atom. The Morgan fingerprint density at radius 3 is 2.89 bits per heavy atom. The Morgan fingerprint density at radius 1 is 1.33 bits per heavy atom. The van der Waals surface area contributed by atoms with Crippen LogP contribution in [0, 0.1) is 5.92 Å². The number of amides is 1. The number of halogens is 1. The second-order valence-electron chi connectivity index (χ2n) is 5.40. The molecular weight excluding hydrogens is 250 g/mol. The molecule has 0 spiro atoms. The van der Waals surface area contributed by atoms with Crippen molar-refractivity contribution in [3.63, 3.8) is 0 Å². The van der Waals surface area contributed by atoms with Crippen LogP contribution in [0.25, 0.3) is 0 Å². The maximum Gasteiger partial charge on any atom is 0.228 e. The molecule has 3 unspecified atom stereocenters. The van der Waals surface area contributed by atoms with Gasteiger partial charge in [0.1, 0.15) is 0 Å². The van der Waals surface area contributed by atoms with E-state index in [0.717, 1.165) is 38.8 Å². The first kappa shape index (κ1) is 14.1. The maximum absolute atomic E-state index is 12.7. The SMILES string of the molecule is CCC1OCCC1C(=O)N1CCCCCC1CCl. The molecule has 0 bridgehead atoms. The van der Waals surface area contributed by atoms with Crippen LogP contribution in [0.3, 0.4) is 0 Å². The standard InChI is InChI=1S/C14H24ClNO2/c1-2-13-12(7-9-18-13)14(17)16-8-5-3-4-6-11(16)10-15/h11-13H,2-10H2,1H3. The van der Waals surface area contributed by atoms with Crippen molar-refractivity contribution in [2.45, 2.75) is 57.6 Å². The van der Waals surface area contributed by atoms with Gasteiger partial charge in [-0.1, -0.05) is 19.8 Å². The van der Waals surface area contributed by atoms with Gasteiger partial charge in [-0.15, -0.1) is 11.6 Å². The zero-order chi connectivity index (χ0) is 13.0. The van der Waals surface area contributed by atoms with E-state index >= 15 is 0 Å². The van der Waals surface area contributed by atoms with Gasteiger partial charge < -0.3 is 9.64 Å². The molecule has 0 saturated carbocycles. The first-order chi connectivity index (χ1) is 8.77. The molecule has 3 nitrogen and oxygen atoms in total. The lowest BCUT2D eigenvalue weighted by molar-refractivity contribution is -0.139. The predicted octanol–water partition coefficient (Wildman–Crippen LogP) is 2.81. The van der Waals surface area contributed by atoms with Crippen molar-refractivity contribution < 1.29 is 9.53 Å². The molecule has 2 saturated heterocycles. The highest BCUT2D eigenvalue weighted by Crippen LogP contribution is 2.28. The number of rotatable bonds is 3. The van der Waals surface area contributed by atoms with Crippen LogP contribution >= 0.6 is 11.6 Å². The first-order valence-electron chi connectivity index (χ1n) is 7.26. The summed E-state index contributed by atoms with van der Waals surface area (Å²) in [6.45, 7) is 3.70. The normalized spacial score (nSPS) is 33.4. The zero-order valence-electron chi connectivity index (χ0n) is 11.2. The van der Waals surface area contributed by atoms with Crippen molar-refractivity contribution in [2.75, 3.05) is 19.0 Å². The molecule has 4 heteroatoms. The molecule has 2 heterocycles. The number of alkyl halides is 1. The van der Waals surface area contributed by atoms with E-state index in [9.17, 15) is 4.79 Å². The molecular formula is C14H24ClNO2. The van der Waals surface area contributed by atoms with Crippen LogP contribution in [0.2, 0.25) is 0 Å². The van der Waals surface area contributed by atoms with Crippen LogP contribution in [0.4, 0.5) is 0 Å². The molecule has 18 heavy (non-hydrogen) atoms. The third-order valence-corrected chi connectivity index (χ3v) is 4.62. The summed E-state index contributed by atoms with van der Waals surface area (Å²) in [5.74, 6) is 0.918. The molecule has 0 radical (unpaired) electrons. The lowest BCUT2D eigenvalue weighted by Crippen LogP contribution is -2.46. The minimum Gasteiger partial charge on any atom is -0.377 e. The second-order valence-corrected chi connectivity index (χ2v) is 5.71. The van der Waals surface area contributed by atoms with Gasteiger partial charge in [0.15, 0.2) is 0 Å². The highest BCUT2D eigenvalue weighted by molar-refractivity contribution is 6.18. The van der Waals surface area contributed by atoms with Gasteiger partial charge in [-0.3, -0.25) is 4.79 Å². The molecule has 0 aromatic heterocycles. The Bertz CT molecular complexity index is 285. The van der Waals surface area contributed by atoms with Gasteiger partial charge in [0, 0.05) is 25.1 Å². The number of ether oxygens (including phenoxy) is 1. The van der Waals surface area contributed by atoms with Gasteiger partial charge in [-0.2, -0.15) is 0 Å². The summed E-state index contributed by atoms with van der Waals surface area (Å²) in [5, 5.41) is 0. The molecule has 2 fully saturated rings. The number of carbonyl (C=O) groups excluding carboxylic acids is 1. The molecule has 2 aliphatic rings. The Balaban J connectivity index is 2.05. The summed E-state index contributed by atoms with van der Waals surface area (Å²) in [6, 6.07) is 0.236. The number of nitrogens with zero attached hydrogens (tertiary/aromatic N) is 1. The molecule has 104 valence electrons. The number of carbonyl (C=O) groups is 1. The van der Waals surface area contributed by atoms with E-state index in [-0.39, 0.29) is 24.0 Å². The smallest absolute Gasteiger partial charge is 0.228 e. The third kappa shape index (κ3) is 3.00. The number of hydrogen-bond donors (Lipinski definition) is 0. The predicted molar refractivity (Wildman–Crippen MR) is 72.8 cm³/mol. The van der Waals surface area contributed by atoms with Gasteiger partial charge in [0.2, 0.25) is 5.91 Å². The molecule has 2 aliphatic heterocycles. The van der Waals surface area contributed by atoms with Crippen molar-refractivity contribution in [1.29, 1.82) is 0 Å². The Kier molecular flexibility index (Phi) is 5.31. The van der Waals surface area contributed by atoms with E-state index in [0.29, 0.717) is 5.88 Å². The molecule has 0 aromatic rings. The second kappa shape index (κ2) is 6.76. The van der Waals surface area contributed by atoms with E-state index in [4.69, 9.17) is 16.3 Å². The lowest BCUT2D eigenvalue weighted by Gasteiger charge is -2.32. The van der Waals surface area contributed by atoms with Gasteiger partial charge in [0.05, 0.1) is 12.0 Å². The van der Waals surface area contributed by atoms with Crippen LogP contribution in [-0.4, -0.2) is 42.0 Å². The molecule has 0 aliphatic carbocycles. The monoisotopic (exact) mass is 273 g/mol. The zero-order valence-corrected chi connectivity index (χ0v) is 12.0. The largest absolute Gasteiger partial charge is 0.377 e. The summed E-state index contributed by atoms with van der Waals surface area (Å²) in [6.07, 6.45) is 6.51. The van der Waals surface area contributed by atoms with E-state index in [1.165, 1.54) is 12.8 Å². The van der Waals surface area contributed by atoms with Crippen molar-refractivity contribution in [3.05, 3.63) is 0 Å². The van der Waals surface area contributed by atoms with Crippen LogP contribution in [0.15, 0.2) is 0 Å². The average molecular weight is 274 g/mol. The van der Waals surface area contributed by atoms with E-state index in [1.807, 2.05) is 4.90 Å². The van der Waals surface area contributed by atoms with Gasteiger partial charge in [-0.25, -0.2) is 0 Å². The summed E-state index contributed by atoms with van der Waals surface area (Å²) in [7, 11) is 0. The fraction of sp³-hybridized carbons (Fsp3) is 0.929. The molecule has 1 amide bonds. The van der Waals surface area contributed by atoms with Crippen molar-refractivity contribution in [3.8, 4) is 0 Å². The van der Waals surface area contributed by atoms with Crippen molar-refractivity contribution in [2.24, 2.45) is 5.92 Å². The van der Waals surface area contributed by atoms with Crippen molar-refractivity contribution >= 4 is 17.5 Å². The lowest BCUT2D eigenvalue weighted by atomic mass is 9.97. The highest BCUT2D eigenvalue weighted by Gasteiger charge is 2.37. The fourth-order valence-corrected chi connectivity index (χ4v) is 3.50. The minimum atomic E-state index is 0.0683. The molecule has 0 N–H and O–H groups in total. The average Bonchev–Trinajstić information content (AvgIpc) is 2.74. The summed E-state index contributed by atoms with van der Waals surface area (Å²) in [4.78, 5) is 14.7. The number of hydrogen-bond acceptors (Lipinski definition) is 2. The van der Waals surface area contributed by atoms with Crippen LogP contribution in [0.1, 0.15) is 45.4 Å². The van der Waals surface area contributed by atoms with Gasteiger partial charge >= 0.3 is 0 Å². The minimum absolute atomic E-state index is 0.0683. The molecule has 2 rings (SSSR count). The van der Waals surface area contributed by atoms with E-state index in [1.54, 1.807) is 0 Å². The van der Waals surface area contributed by atoms with Gasteiger partial charge in [0.25, 0.3) is 0 Å². The molecule has 3 atom stereocenters. The fourth-order valence-electron chi connectivity index (χ4n) is 3.17. The summed E-state index contributed by atoms with van der Waals surface area (Å²) < 4.78 is 5.65. The number of likely N-dealkylation sites (tertiary alicyclic amines) is 1. The van der Waals surface area contributed by atoms with E-state index < -0.39 is 0 Å². The van der Waals surface area contributed by atoms with Gasteiger partial charge in [-0.05, 0) is 25.7 Å². The summed E-state index contributed by atoms with van der Waals surface area (Å²) in [5.41, 5.74) is 0. The topological polar surface area (TPSA) is 29.5 Å². The summed E-state index contributed by atoms with van der Waals surface area (Å²) >= 11 is 6.04. The third-order valence-electron chi connectivity index (χ3n) is 4.27. The van der Waals surface area contributed by atoms with Crippen LogP contribution in [0.5, 0.6) is 0 Å². The van der Waals surface area contributed by atoms with Crippen LogP contribution in [-0.2, 0) is 9.53 Å². The Hall–Kier alpha value is -0.280. The van der Waals surface area contributed by atoms with E-state index in [2.05, 4.69) is 6.92 Å². The van der Waals surface area contributed by atoms with Crippen molar-refractivity contribution in [1.82, 2.24) is 4.90 Å². The Labute approximate surface area is 115 Å². The van der Waals surface area contributed by atoms with Crippen LogP contribution < -0.4 is 0 Å². The highest BCUT2D eigenvalue weighted by atomic mass is 35.5.